The molecule has 1 aliphatic heterocycles. The van der Waals surface area contributed by atoms with E-state index in [1.165, 1.54) is 10.9 Å². The first-order valence-corrected chi connectivity index (χ1v) is 6.32. The van der Waals surface area contributed by atoms with Crippen molar-refractivity contribution in [1.29, 1.82) is 0 Å². The Morgan fingerprint density at radius 2 is 1.74 bits per heavy atom. The van der Waals surface area contributed by atoms with Gasteiger partial charge in [-0.05, 0) is 27.7 Å². The zero-order chi connectivity index (χ0) is 14.3. The highest BCUT2D eigenvalue weighted by atomic mass is 19.1. The van der Waals surface area contributed by atoms with Gasteiger partial charge in [-0.25, -0.2) is 8.78 Å². The molecule has 19 heavy (non-hydrogen) atoms. The summed E-state index contributed by atoms with van der Waals surface area (Å²) in [4.78, 5) is 0. The molecule has 0 spiro atoms. The minimum absolute atomic E-state index is 0.445. The van der Waals surface area contributed by atoms with Crippen molar-refractivity contribution in [3.63, 3.8) is 0 Å². The average molecular weight is 272 g/mol. The van der Waals surface area contributed by atoms with Gasteiger partial charge in [0.2, 0.25) is 0 Å². The first kappa shape index (κ1) is 14.5. The largest absolute Gasteiger partial charge is 0.498 e. The fourth-order valence-corrected chi connectivity index (χ4v) is 1.84. The van der Waals surface area contributed by atoms with Crippen LogP contribution in [0.1, 0.15) is 33.7 Å². The number of hydrogen-bond donors (Lipinski definition) is 0. The standard InChI is InChI=1S/C12H19BF2N2O2/c1-11(2)12(3,4)19-13(18-11)9-7-16-17(8-9)10(5-14)6-15/h7-8,10H,5-6H2,1-4H3. The molecular weight excluding hydrogens is 253 g/mol. The predicted octanol–water partition coefficient (Wildman–Crippen LogP) is 1.66. The molecule has 0 unspecified atom stereocenters. The zero-order valence-corrected chi connectivity index (χ0v) is 11.7. The summed E-state index contributed by atoms with van der Waals surface area (Å²) in [6, 6.07) is -0.879. The van der Waals surface area contributed by atoms with Crippen molar-refractivity contribution in [3.8, 4) is 0 Å². The molecule has 0 bridgehead atoms. The lowest BCUT2D eigenvalue weighted by Gasteiger charge is -2.32. The summed E-state index contributed by atoms with van der Waals surface area (Å²) in [6.45, 7) is 6.21. The molecule has 7 heteroatoms. The smallest absolute Gasteiger partial charge is 0.399 e. The lowest BCUT2D eigenvalue weighted by atomic mass is 9.82. The number of rotatable bonds is 4. The first-order chi connectivity index (χ1) is 8.80. The van der Waals surface area contributed by atoms with Crippen molar-refractivity contribution in [2.75, 3.05) is 13.3 Å². The first-order valence-electron chi connectivity index (χ1n) is 6.32. The van der Waals surface area contributed by atoms with Crippen LogP contribution in [0.2, 0.25) is 0 Å². The van der Waals surface area contributed by atoms with E-state index in [9.17, 15) is 8.78 Å². The molecule has 1 aromatic heterocycles. The van der Waals surface area contributed by atoms with E-state index < -0.39 is 37.7 Å². The molecule has 1 saturated heterocycles. The zero-order valence-electron chi connectivity index (χ0n) is 11.7. The molecule has 0 aromatic carbocycles. The summed E-state index contributed by atoms with van der Waals surface area (Å²) in [5.41, 5.74) is -0.218. The number of nitrogens with zero attached hydrogens (tertiary/aromatic N) is 2. The highest BCUT2D eigenvalue weighted by molar-refractivity contribution is 6.61. The van der Waals surface area contributed by atoms with E-state index in [-0.39, 0.29) is 0 Å². The van der Waals surface area contributed by atoms with Gasteiger partial charge in [0, 0.05) is 17.9 Å². The molecular formula is C12H19BF2N2O2. The van der Waals surface area contributed by atoms with E-state index in [2.05, 4.69) is 5.10 Å². The van der Waals surface area contributed by atoms with Crippen molar-refractivity contribution in [2.24, 2.45) is 0 Å². The van der Waals surface area contributed by atoms with Crippen LogP contribution >= 0.6 is 0 Å². The van der Waals surface area contributed by atoms with Gasteiger partial charge in [0.15, 0.2) is 0 Å². The molecule has 1 fully saturated rings. The molecule has 1 aromatic rings. The van der Waals surface area contributed by atoms with E-state index in [1.54, 1.807) is 6.20 Å². The predicted molar refractivity (Wildman–Crippen MR) is 68.9 cm³/mol. The molecule has 2 rings (SSSR count). The van der Waals surface area contributed by atoms with Crippen molar-refractivity contribution in [3.05, 3.63) is 12.4 Å². The van der Waals surface area contributed by atoms with E-state index in [4.69, 9.17) is 9.31 Å². The molecule has 4 nitrogen and oxygen atoms in total. The Hall–Kier alpha value is -0.945. The Kier molecular flexibility index (Phi) is 3.70. The summed E-state index contributed by atoms with van der Waals surface area (Å²) in [6.07, 6.45) is 3.10. The van der Waals surface area contributed by atoms with Gasteiger partial charge in [0.25, 0.3) is 0 Å². The summed E-state index contributed by atoms with van der Waals surface area (Å²) in [7, 11) is -0.557. The molecule has 0 amide bonds. The summed E-state index contributed by atoms with van der Waals surface area (Å²) < 4.78 is 38.2. The third kappa shape index (κ3) is 2.53. The Labute approximate surface area is 112 Å². The number of aromatic nitrogens is 2. The molecule has 0 aliphatic carbocycles. The normalized spacial score (nSPS) is 21.3. The fraction of sp³-hybridized carbons (Fsp3) is 0.750. The van der Waals surface area contributed by atoms with Crippen LogP contribution in [0.3, 0.4) is 0 Å². The maximum Gasteiger partial charge on any atom is 0.498 e. The van der Waals surface area contributed by atoms with Gasteiger partial charge in [-0.15, -0.1) is 0 Å². The summed E-state index contributed by atoms with van der Waals surface area (Å²) in [5, 5.41) is 3.97. The van der Waals surface area contributed by atoms with Crippen LogP contribution in [0.5, 0.6) is 0 Å². The SMILES string of the molecule is CC1(C)OB(c2cnn(C(CF)CF)c2)OC1(C)C. The Morgan fingerprint density at radius 3 is 2.21 bits per heavy atom. The van der Waals surface area contributed by atoms with Gasteiger partial charge in [-0.2, -0.15) is 5.10 Å². The molecule has 0 saturated carbocycles. The Morgan fingerprint density at radius 1 is 1.21 bits per heavy atom. The van der Waals surface area contributed by atoms with Crippen LogP contribution in [0.25, 0.3) is 0 Å². The molecule has 0 atom stereocenters. The summed E-state index contributed by atoms with van der Waals surface area (Å²) in [5.74, 6) is 0. The van der Waals surface area contributed by atoms with Crippen molar-refractivity contribution < 1.29 is 18.1 Å². The van der Waals surface area contributed by atoms with E-state index in [0.717, 1.165) is 0 Å². The second-order valence-corrected chi connectivity index (χ2v) is 5.80. The third-order valence-corrected chi connectivity index (χ3v) is 3.88. The van der Waals surface area contributed by atoms with Crippen molar-refractivity contribution in [1.82, 2.24) is 9.78 Å². The minimum Gasteiger partial charge on any atom is -0.399 e. The van der Waals surface area contributed by atoms with Crippen LogP contribution in [0.15, 0.2) is 12.4 Å². The average Bonchev–Trinajstić information content (AvgIpc) is 2.85. The van der Waals surface area contributed by atoms with Gasteiger partial charge in [-0.3, -0.25) is 4.68 Å². The van der Waals surface area contributed by atoms with E-state index in [1.807, 2.05) is 27.7 Å². The fourth-order valence-electron chi connectivity index (χ4n) is 1.84. The monoisotopic (exact) mass is 272 g/mol. The van der Waals surface area contributed by atoms with Crippen LogP contribution < -0.4 is 5.46 Å². The number of hydrogen-bond acceptors (Lipinski definition) is 3. The van der Waals surface area contributed by atoms with E-state index >= 15 is 0 Å². The van der Waals surface area contributed by atoms with Crippen LogP contribution in [-0.2, 0) is 9.31 Å². The van der Waals surface area contributed by atoms with E-state index in [0.29, 0.717) is 5.46 Å². The lowest BCUT2D eigenvalue weighted by Crippen LogP contribution is -2.41. The maximum absolute atomic E-state index is 12.6. The Bertz CT molecular complexity index is 431. The number of halogens is 2. The molecule has 0 N–H and O–H groups in total. The molecule has 0 radical (unpaired) electrons. The Balaban J connectivity index is 2.17. The van der Waals surface area contributed by atoms with Crippen molar-refractivity contribution >= 4 is 12.6 Å². The van der Waals surface area contributed by atoms with Gasteiger partial charge >= 0.3 is 7.12 Å². The second kappa shape index (κ2) is 4.87. The van der Waals surface area contributed by atoms with Gasteiger partial charge < -0.3 is 9.31 Å². The lowest BCUT2D eigenvalue weighted by molar-refractivity contribution is 0.00578. The number of alkyl halides is 2. The maximum atomic E-state index is 12.6. The van der Waals surface area contributed by atoms with Crippen LogP contribution in [0, 0.1) is 0 Å². The van der Waals surface area contributed by atoms with Gasteiger partial charge in [-0.1, -0.05) is 0 Å². The molecule has 2 heterocycles. The molecule has 1 aliphatic rings. The van der Waals surface area contributed by atoms with Gasteiger partial charge in [0.05, 0.1) is 11.2 Å². The quantitative estimate of drug-likeness (QED) is 0.782. The molecule has 106 valence electrons. The minimum atomic E-state index is -0.879. The van der Waals surface area contributed by atoms with Crippen LogP contribution in [0.4, 0.5) is 8.78 Å². The highest BCUT2D eigenvalue weighted by Crippen LogP contribution is 2.36. The summed E-state index contributed by atoms with van der Waals surface area (Å²) >= 11 is 0. The topological polar surface area (TPSA) is 36.3 Å². The van der Waals surface area contributed by atoms with Crippen LogP contribution in [-0.4, -0.2) is 41.5 Å². The van der Waals surface area contributed by atoms with Crippen molar-refractivity contribution in [2.45, 2.75) is 44.9 Å². The van der Waals surface area contributed by atoms with Gasteiger partial charge in [0.1, 0.15) is 19.4 Å². The third-order valence-electron chi connectivity index (χ3n) is 3.88. The highest BCUT2D eigenvalue weighted by Gasteiger charge is 2.52. The second-order valence-electron chi connectivity index (χ2n) is 5.80.